The van der Waals surface area contributed by atoms with Crippen LogP contribution in [0.5, 0.6) is 0 Å². The van der Waals surface area contributed by atoms with Crippen LogP contribution in [0.4, 0.5) is 14.5 Å². The predicted octanol–water partition coefficient (Wildman–Crippen LogP) is 3.85. The summed E-state index contributed by atoms with van der Waals surface area (Å²) >= 11 is 0. The van der Waals surface area contributed by atoms with E-state index in [1.807, 2.05) is 6.07 Å². The lowest BCUT2D eigenvalue weighted by atomic mass is 9.91. The number of sulfonamides is 1. The number of aromatic nitrogens is 3. The van der Waals surface area contributed by atoms with E-state index in [9.17, 15) is 13.2 Å². The number of rotatable bonds is 6. The Bertz CT molecular complexity index is 1420. The first-order valence-electron chi connectivity index (χ1n) is 12.9. The van der Waals surface area contributed by atoms with Crippen LogP contribution >= 0.6 is 0 Å². The van der Waals surface area contributed by atoms with Crippen molar-refractivity contribution in [1.29, 1.82) is 0 Å². The maximum Gasteiger partial charge on any atom is 0.312 e. The molecule has 0 bridgehead atoms. The first-order chi connectivity index (χ1) is 18.7. The lowest BCUT2D eigenvalue weighted by Crippen LogP contribution is -2.45. The topological polar surface area (TPSA) is 97.6 Å². The fourth-order valence-corrected chi connectivity index (χ4v) is 7.93. The number of hydrogen-bond donors (Lipinski definition) is 0. The second kappa shape index (κ2) is 11.0. The summed E-state index contributed by atoms with van der Waals surface area (Å²) in [5, 5.41) is 6.88. The van der Waals surface area contributed by atoms with Gasteiger partial charge in [-0.3, -0.25) is 4.79 Å². The third kappa shape index (κ3) is 5.27. The summed E-state index contributed by atoms with van der Waals surface area (Å²) in [4.78, 5) is 14.2. The van der Waals surface area contributed by atoms with Crippen molar-refractivity contribution in [3.05, 3.63) is 77.9 Å². The molecule has 0 aliphatic carbocycles. The summed E-state index contributed by atoms with van der Waals surface area (Å²) in [5.41, 5.74) is 0.666. The fourth-order valence-electron chi connectivity index (χ4n) is 5.74. The van der Waals surface area contributed by atoms with Gasteiger partial charge in [0.2, 0.25) is 10.0 Å². The highest BCUT2D eigenvalue weighted by atomic mass is 32.2. The van der Waals surface area contributed by atoms with Crippen molar-refractivity contribution in [3.63, 3.8) is 0 Å². The number of carbonyl (C=O) groups excluding carboxylic acids is 1. The minimum Gasteiger partial charge on any atom is -0.469 e. The number of methoxy groups -OCH3 is 1. The van der Waals surface area contributed by atoms with E-state index in [1.165, 1.54) is 24.1 Å². The zero-order valence-corrected chi connectivity index (χ0v) is 22.6. The Balaban J connectivity index is 1.38. The van der Waals surface area contributed by atoms with Crippen molar-refractivity contribution >= 4 is 21.7 Å². The SMILES string of the molecule is COC(=O)C1CN(c2cc(F)c(CN3C(C)CCC(c4ccccc4)S3(=O)=O)cc2F)CC[C@H]1n1cnnc1. The average Bonchev–Trinajstić information content (AvgIpc) is 3.47. The molecule has 3 aromatic rings. The van der Waals surface area contributed by atoms with Crippen LogP contribution in [0.3, 0.4) is 0 Å². The Morgan fingerprint density at radius 3 is 2.46 bits per heavy atom. The molecule has 3 unspecified atom stereocenters. The summed E-state index contributed by atoms with van der Waals surface area (Å²) < 4.78 is 66.0. The molecule has 0 spiro atoms. The molecule has 0 radical (unpaired) electrons. The second-order valence-electron chi connectivity index (χ2n) is 10.2. The monoisotopic (exact) mass is 559 g/mol. The maximum atomic E-state index is 15.5. The zero-order chi connectivity index (χ0) is 27.7. The Morgan fingerprint density at radius 2 is 1.77 bits per heavy atom. The normalized spacial score (nSPS) is 25.4. The molecule has 0 N–H and O–H groups in total. The number of nitrogens with zero attached hydrogens (tertiary/aromatic N) is 5. The summed E-state index contributed by atoms with van der Waals surface area (Å²) in [6.45, 7) is 1.99. The third-order valence-corrected chi connectivity index (χ3v) is 10.2. The van der Waals surface area contributed by atoms with Crippen LogP contribution in [0, 0.1) is 17.6 Å². The lowest BCUT2D eigenvalue weighted by Gasteiger charge is -2.39. The van der Waals surface area contributed by atoms with E-state index in [-0.39, 0.29) is 36.4 Å². The minimum atomic E-state index is -3.80. The maximum absolute atomic E-state index is 15.5. The molecule has 2 aliphatic heterocycles. The van der Waals surface area contributed by atoms with E-state index in [4.69, 9.17) is 4.74 Å². The van der Waals surface area contributed by atoms with Crippen LogP contribution in [0.2, 0.25) is 0 Å². The van der Waals surface area contributed by atoms with Gasteiger partial charge in [-0.25, -0.2) is 17.2 Å². The predicted molar refractivity (Wildman–Crippen MR) is 140 cm³/mol. The smallest absolute Gasteiger partial charge is 0.312 e. The van der Waals surface area contributed by atoms with Crippen molar-refractivity contribution < 1.29 is 26.7 Å². The molecular weight excluding hydrogens is 528 g/mol. The Hall–Kier alpha value is -3.38. The van der Waals surface area contributed by atoms with Crippen LogP contribution in [-0.2, 0) is 26.1 Å². The van der Waals surface area contributed by atoms with Gasteiger partial charge in [-0.2, -0.15) is 4.31 Å². The average molecular weight is 560 g/mol. The van der Waals surface area contributed by atoms with Gasteiger partial charge >= 0.3 is 5.97 Å². The molecule has 2 saturated heterocycles. The molecule has 39 heavy (non-hydrogen) atoms. The van der Waals surface area contributed by atoms with Gasteiger partial charge in [0.1, 0.15) is 29.5 Å². The zero-order valence-electron chi connectivity index (χ0n) is 21.8. The standard InChI is InChI=1S/C27H31F2N5O4S/c1-18-8-9-26(19-6-4-3-5-7-19)39(36,37)34(18)14-20-12-23(29)25(13-22(20)28)32-11-10-24(33-16-30-31-17-33)21(15-32)27(35)38-2/h3-7,12-13,16-18,21,24,26H,8-11,14-15H2,1-2H3/t18?,21?,24-,26?/m1/s1. The molecule has 3 heterocycles. The van der Waals surface area contributed by atoms with Crippen molar-refractivity contribution in [1.82, 2.24) is 19.1 Å². The summed E-state index contributed by atoms with van der Waals surface area (Å²) in [6, 6.07) is 10.5. The van der Waals surface area contributed by atoms with Crippen LogP contribution in [0.1, 0.15) is 48.6 Å². The highest BCUT2D eigenvalue weighted by molar-refractivity contribution is 7.89. The van der Waals surface area contributed by atoms with Gasteiger partial charge in [-0.15, -0.1) is 10.2 Å². The van der Waals surface area contributed by atoms with Gasteiger partial charge in [0.05, 0.1) is 24.8 Å². The molecule has 2 fully saturated rings. The van der Waals surface area contributed by atoms with Gasteiger partial charge < -0.3 is 14.2 Å². The Morgan fingerprint density at radius 1 is 1.05 bits per heavy atom. The highest BCUT2D eigenvalue weighted by Crippen LogP contribution is 2.39. The molecule has 208 valence electrons. The van der Waals surface area contributed by atoms with Gasteiger partial charge in [-0.05, 0) is 37.8 Å². The molecule has 9 nitrogen and oxygen atoms in total. The van der Waals surface area contributed by atoms with Crippen LogP contribution in [-0.4, -0.2) is 59.7 Å². The first-order valence-corrected chi connectivity index (χ1v) is 14.4. The number of carbonyl (C=O) groups is 1. The summed E-state index contributed by atoms with van der Waals surface area (Å²) in [5.74, 6) is -2.49. The third-order valence-electron chi connectivity index (χ3n) is 7.88. The van der Waals surface area contributed by atoms with Crippen LogP contribution < -0.4 is 4.90 Å². The molecule has 12 heteroatoms. The van der Waals surface area contributed by atoms with Gasteiger partial charge in [-0.1, -0.05) is 30.3 Å². The van der Waals surface area contributed by atoms with E-state index >= 15 is 8.78 Å². The summed E-state index contributed by atoms with van der Waals surface area (Å²) in [7, 11) is -2.51. The molecular formula is C27H31F2N5O4S. The molecule has 0 saturated carbocycles. The van der Waals surface area contributed by atoms with E-state index in [2.05, 4.69) is 10.2 Å². The number of halogens is 2. The quantitative estimate of drug-likeness (QED) is 0.423. The van der Waals surface area contributed by atoms with Gasteiger partial charge in [0.25, 0.3) is 0 Å². The molecule has 2 aromatic carbocycles. The number of piperidine rings is 1. The lowest BCUT2D eigenvalue weighted by molar-refractivity contribution is -0.147. The first kappa shape index (κ1) is 27.2. The Labute approximate surface area is 226 Å². The fraction of sp³-hybridized carbons (Fsp3) is 0.444. The van der Waals surface area contributed by atoms with Crippen LogP contribution in [0.15, 0.2) is 55.1 Å². The molecule has 5 rings (SSSR count). The molecule has 1 aromatic heterocycles. The van der Waals surface area contributed by atoms with E-state index in [0.717, 1.165) is 12.1 Å². The van der Waals surface area contributed by atoms with Gasteiger partial charge in [0.15, 0.2) is 0 Å². The van der Waals surface area contributed by atoms with Crippen molar-refractivity contribution in [2.45, 2.75) is 50.1 Å². The number of benzene rings is 2. The second-order valence-corrected chi connectivity index (χ2v) is 12.2. The number of anilines is 1. The van der Waals surface area contributed by atoms with E-state index in [0.29, 0.717) is 31.4 Å². The number of hydrogen-bond acceptors (Lipinski definition) is 7. The van der Waals surface area contributed by atoms with E-state index < -0.39 is 38.8 Å². The summed E-state index contributed by atoms with van der Waals surface area (Å²) in [6.07, 6.45) is 4.57. The van der Waals surface area contributed by atoms with Gasteiger partial charge in [0, 0.05) is 37.3 Å². The number of ether oxygens (including phenoxy) is 1. The molecule has 2 aliphatic rings. The van der Waals surface area contributed by atoms with E-state index in [1.54, 1.807) is 40.7 Å². The van der Waals surface area contributed by atoms with Crippen molar-refractivity contribution in [2.75, 3.05) is 25.1 Å². The van der Waals surface area contributed by atoms with Crippen molar-refractivity contribution in [3.8, 4) is 0 Å². The molecule has 4 atom stereocenters. The molecule has 0 amide bonds. The largest absolute Gasteiger partial charge is 0.469 e. The Kier molecular flexibility index (Phi) is 7.68. The highest BCUT2D eigenvalue weighted by Gasteiger charge is 2.41. The van der Waals surface area contributed by atoms with Crippen molar-refractivity contribution in [2.24, 2.45) is 5.92 Å². The van der Waals surface area contributed by atoms with Crippen LogP contribution in [0.25, 0.3) is 0 Å². The number of esters is 1. The minimum absolute atomic E-state index is 0.0177.